The first kappa shape index (κ1) is 14.2. The van der Waals surface area contributed by atoms with Gasteiger partial charge in [-0.1, -0.05) is 42.1 Å². The Hall–Kier alpha value is -2.18. The van der Waals surface area contributed by atoms with Gasteiger partial charge < -0.3 is 4.74 Å². The van der Waals surface area contributed by atoms with Crippen molar-refractivity contribution >= 4 is 17.3 Å². The molecule has 3 heteroatoms. The SMILES string of the molecule is COc1ccc(/C(C)=C(\C#N)Sc2ccccc2)cc1. The van der Waals surface area contributed by atoms with Crippen molar-refractivity contribution in [2.24, 2.45) is 0 Å². The molecule has 0 aliphatic rings. The van der Waals surface area contributed by atoms with Crippen molar-refractivity contribution in [2.45, 2.75) is 11.8 Å². The maximum atomic E-state index is 9.37. The molecule has 2 rings (SSSR count). The molecule has 0 aliphatic carbocycles. The number of thioether (sulfide) groups is 1. The summed E-state index contributed by atoms with van der Waals surface area (Å²) in [4.78, 5) is 1.78. The predicted octanol–water partition coefficient (Wildman–Crippen LogP) is 4.74. The van der Waals surface area contributed by atoms with Gasteiger partial charge in [-0.2, -0.15) is 5.26 Å². The third kappa shape index (κ3) is 3.43. The topological polar surface area (TPSA) is 33.0 Å². The van der Waals surface area contributed by atoms with Gasteiger partial charge in [-0.3, -0.25) is 0 Å². The first-order chi connectivity index (χ1) is 9.74. The molecular formula is C17H15NOS. The highest BCUT2D eigenvalue weighted by Crippen LogP contribution is 2.32. The Labute approximate surface area is 123 Å². The average molecular weight is 281 g/mol. The first-order valence-electron chi connectivity index (χ1n) is 6.23. The number of hydrogen-bond donors (Lipinski definition) is 0. The first-order valence-corrected chi connectivity index (χ1v) is 7.04. The summed E-state index contributed by atoms with van der Waals surface area (Å²) in [7, 11) is 1.64. The molecule has 0 aromatic heterocycles. The number of benzene rings is 2. The lowest BCUT2D eigenvalue weighted by atomic mass is 10.1. The standard InChI is InChI=1S/C17H15NOS/c1-13(14-8-10-15(19-2)11-9-14)17(12-18)20-16-6-4-3-5-7-16/h3-11H,1-2H3/b17-13+. The highest BCUT2D eigenvalue weighted by atomic mass is 32.2. The van der Waals surface area contributed by atoms with E-state index < -0.39 is 0 Å². The zero-order chi connectivity index (χ0) is 14.4. The summed E-state index contributed by atoms with van der Waals surface area (Å²) in [5.74, 6) is 0.816. The molecule has 0 amide bonds. The molecule has 0 spiro atoms. The molecule has 0 bridgehead atoms. The summed E-state index contributed by atoms with van der Waals surface area (Å²) in [5.41, 5.74) is 2.01. The van der Waals surface area contributed by atoms with Crippen LogP contribution >= 0.6 is 11.8 Å². The third-order valence-electron chi connectivity index (χ3n) is 2.93. The molecule has 0 atom stereocenters. The molecule has 0 saturated heterocycles. The molecule has 2 nitrogen and oxygen atoms in total. The number of nitrogens with zero attached hydrogens (tertiary/aromatic N) is 1. The van der Waals surface area contributed by atoms with Gasteiger partial charge in [0.05, 0.1) is 12.0 Å². The van der Waals surface area contributed by atoms with Crippen molar-refractivity contribution in [1.82, 2.24) is 0 Å². The Kier molecular flexibility index (Phi) is 4.86. The summed E-state index contributed by atoms with van der Waals surface area (Å²) < 4.78 is 5.15. The summed E-state index contributed by atoms with van der Waals surface area (Å²) in [6, 6.07) is 20.0. The molecule has 0 N–H and O–H groups in total. The summed E-state index contributed by atoms with van der Waals surface area (Å²) in [6.07, 6.45) is 0. The zero-order valence-electron chi connectivity index (χ0n) is 11.5. The van der Waals surface area contributed by atoms with Crippen LogP contribution in [-0.2, 0) is 0 Å². The Balaban J connectivity index is 2.29. The van der Waals surface area contributed by atoms with Crippen LogP contribution in [0.5, 0.6) is 5.75 Å². The van der Waals surface area contributed by atoms with Crippen molar-refractivity contribution in [3.8, 4) is 11.8 Å². The minimum atomic E-state index is 0.710. The molecule has 2 aromatic carbocycles. The number of hydrogen-bond acceptors (Lipinski definition) is 3. The van der Waals surface area contributed by atoms with Crippen LogP contribution in [0.2, 0.25) is 0 Å². The van der Waals surface area contributed by atoms with E-state index in [4.69, 9.17) is 4.74 Å². The summed E-state index contributed by atoms with van der Waals surface area (Å²) in [6.45, 7) is 1.97. The van der Waals surface area contributed by atoms with E-state index in [1.54, 1.807) is 7.11 Å². The van der Waals surface area contributed by atoms with Crippen molar-refractivity contribution in [1.29, 1.82) is 5.26 Å². The fourth-order valence-electron chi connectivity index (χ4n) is 1.76. The van der Waals surface area contributed by atoms with Crippen molar-refractivity contribution in [3.63, 3.8) is 0 Å². The highest BCUT2D eigenvalue weighted by molar-refractivity contribution is 8.03. The second-order valence-corrected chi connectivity index (χ2v) is 5.29. The van der Waals surface area contributed by atoms with Gasteiger partial charge in [0.1, 0.15) is 11.8 Å². The van der Waals surface area contributed by atoms with Crippen LogP contribution in [0.25, 0.3) is 5.57 Å². The predicted molar refractivity (Wildman–Crippen MR) is 83.5 cm³/mol. The van der Waals surface area contributed by atoms with E-state index in [-0.39, 0.29) is 0 Å². The fourth-order valence-corrected chi connectivity index (χ4v) is 2.61. The maximum Gasteiger partial charge on any atom is 0.118 e. The smallest absolute Gasteiger partial charge is 0.118 e. The highest BCUT2D eigenvalue weighted by Gasteiger charge is 2.07. The van der Waals surface area contributed by atoms with Crippen LogP contribution in [-0.4, -0.2) is 7.11 Å². The van der Waals surface area contributed by atoms with E-state index in [2.05, 4.69) is 6.07 Å². The van der Waals surface area contributed by atoms with Gasteiger partial charge in [0.2, 0.25) is 0 Å². The summed E-state index contributed by atoms with van der Waals surface area (Å²) in [5, 5.41) is 9.37. The zero-order valence-corrected chi connectivity index (χ0v) is 12.3. The second kappa shape index (κ2) is 6.83. The van der Waals surface area contributed by atoms with Crippen molar-refractivity contribution < 1.29 is 4.74 Å². The minimum absolute atomic E-state index is 0.710. The van der Waals surface area contributed by atoms with Gasteiger partial charge in [-0.25, -0.2) is 0 Å². The van der Waals surface area contributed by atoms with Crippen LogP contribution in [0.15, 0.2) is 64.4 Å². The molecule has 100 valence electrons. The van der Waals surface area contributed by atoms with E-state index in [1.807, 2.05) is 61.5 Å². The van der Waals surface area contributed by atoms with E-state index in [1.165, 1.54) is 11.8 Å². The van der Waals surface area contributed by atoms with Crippen LogP contribution < -0.4 is 4.74 Å². The van der Waals surface area contributed by atoms with Crippen molar-refractivity contribution in [3.05, 3.63) is 65.1 Å². The molecule has 20 heavy (non-hydrogen) atoms. The van der Waals surface area contributed by atoms with Gasteiger partial charge >= 0.3 is 0 Å². The van der Waals surface area contributed by atoms with E-state index in [9.17, 15) is 5.26 Å². The number of allylic oxidation sites excluding steroid dienone is 2. The molecule has 0 heterocycles. The number of rotatable bonds is 4. The van der Waals surface area contributed by atoms with Gasteiger partial charge in [0.25, 0.3) is 0 Å². The largest absolute Gasteiger partial charge is 0.497 e. The Morgan fingerprint density at radius 1 is 1.05 bits per heavy atom. The molecule has 0 radical (unpaired) electrons. The third-order valence-corrected chi connectivity index (χ3v) is 4.04. The Morgan fingerprint density at radius 2 is 1.70 bits per heavy atom. The molecule has 0 aliphatic heterocycles. The maximum absolute atomic E-state index is 9.37. The van der Waals surface area contributed by atoms with E-state index >= 15 is 0 Å². The second-order valence-electron chi connectivity index (χ2n) is 4.21. The normalized spacial score (nSPS) is 11.4. The average Bonchev–Trinajstić information content (AvgIpc) is 2.53. The Bertz CT molecular complexity index is 639. The van der Waals surface area contributed by atoms with Crippen LogP contribution in [0.3, 0.4) is 0 Å². The molecule has 0 saturated carbocycles. The van der Waals surface area contributed by atoms with Crippen LogP contribution in [0.4, 0.5) is 0 Å². The van der Waals surface area contributed by atoms with Gasteiger partial charge in [-0.15, -0.1) is 0 Å². The molecule has 2 aromatic rings. The Morgan fingerprint density at radius 3 is 2.25 bits per heavy atom. The quantitative estimate of drug-likeness (QED) is 0.599. The van der Waals surface area contributed by atoms with E-state index in [0.717, 1.165) is 21.8 Å². The lowest BCUT2D eigenvalue weighted by Gasteiger charge is -2.07. The molecule has 0 fully saturated rings. The van der Waals surface area contributed by atoms with Crippen LogP contribution in [0, 0.1) is 11.3 Å². The van der Waals surface area contributed by atoms with Crippen LogP contribution in [0.1, 0.15) is 12.5 Å². The lowest BCUT2D eigenvalue weighted by molar-refractivity contribution is 0.415. The lowest BCUT2D eigenvalue weighted by Crippen LogP contribution is -1.86. The summed E-state index contributed by atoms with van der Waals surface area (Å²) >= 11 is 1.49. The van der Waals surface area contributed by atoms with E-state index in [0.29, 0.717) is 4.91 Å². The van der Waals surface area contributed by atoms with Crippen molar-refractivity contribution in [2.75, 3.05) is 7.11 Å². The molecular weight excluding hydrogens is 266 g/mol. The van der Waals surface area contributed by atoms with Gasteiger partial charge in [-0.05, 0) is 42.3 Å². The number of ether oxygens (including phenoxy) is 1. The number of methoxy groups -OCH3 is 1. The molecule has 0 unspecified atom stereocenters. The van der Waals surface area contributed by atoms with Gasteiger partial charge in [0.15, 0.2) is 0 Å². The monoisotopic (exact) mass is 281 g/mol. The fraction of sp³-hybridized carbons (Fsp3) is 0.118. The minimum Gasteiger partial charge on any atom is -0.497 e. The number of nitriles is 1. The van der Waals surface area contributed by atoms with Gasteiger partial charge in [0, 0.05) is 4.90 Å².